The van der Waals surface area contributed by atoms with Crippen molar-refractivity contribution in [3.63, 3.8) is 0 Å². The Labute approximate surface area is 138 Å². The van der Waals surface area contributed by atoms with Crippen molar-refractivity contribution in [1.29, 1.82) is 5.26 Å². The zero-order valence-electron chi connectivity index (χ0n) is 12.4. The maximum Gasteiger partial charge on any atom is 0.141 e. The van der Waals surface area contributed by atoms with Crippen molar-refractivity contribution in [2.24, 2.45) is 7.05 Å². The van der Waals surface area contributed by atoms with Gasteiger partial charge in [0.15, 0.2) is 0 Å². The van der Waals surface area contributed by atoms with Crippen LogP contribution in [-0.2, 0) is 11.8 Å². The predicted molar refractivity (Wildman–Crippen MR) is 87.1 cm³/mol. The van der Waals surface area contributed by atoms with Gasteiger partial charge in [0.2, 0.25) is 0 Å². The molecule has 0 bridgehead atoms. The zero-order valence-corrected chi connectivity index (χ0v) is 14.0. The Kier molecular flexibility index (Phi) is 4.57. The highest BCUT2D eigenvalue weighted by molar-refractivity contribution is 9.10. The van der Waals surface area contributed by atoms with Crippen molar-refractivity contribution in [1.82, 2.24) is 14.5 Å². The summed E-state index contributed by atoms with van der Waals surface area (Å²) in [5, 5.41) is 9.67. The average Bonchev–Trinajstić information content (AvgIpc) is 2.86. The molecule has 1 atom stereocenters. The van der Waals surface area contributed by atoms with Crippen molar-refractivity contribution < 1.29 is 4.74 Å². The Morgan fingerprint density at radius 3 is 2.59 bits per heavy atom. The van der Waals surface area contributed by atoms with Crippen LogP contribution in [0.5, 0.6) is 0 Å². The van der Waals surface area contributed by atoms with Crippen molar-refractivity contribution in [3.8, 4) is 17.5 Å². The van der Waals surface area contributed by atoms with Crippen LogP contribution in [0.1, 0.15) is 11.7 Å². The lowest BCUT2D eigenvalue weighted by Gasteiger charge is -2.30. The van der Waals surface area contributed by atoms with E-state index in [2.05, 4.69) is 31.9 Å². The molecule has 22 heavy (non-hydrogen) atoms. The monoisotopic (exact) mass is 360 g/mol. The van der Waals surface area contributed by atoms with Crippen LogP contribution in [0.2, 0.25) is 0 Å². The molecule has 1 aromatic heterocycles. The van der Waals surface area contributed by atoms with E-state index >= 15 is 0 Å². The molecule has 114 valence electrons. The minimum absolute atomic E-state index is 0.326. The maximum atomic E-state index is 9.67. The van der Waals surface area contributed by atoms with Crippen LogP contribution in [0, 0.1) is 11.3 Å². The van der Waals surface area contributed by atoms with E-state index in [4.69, 9.17) is 4.74 Å². The molecule has 0 spiro atoms. The van der Waals surface area contributed by atoms with Gasteiger partial charge in [-0.3, -0.25) is 4.90 Å². The van der Waals surface area contributed by atoms with E-state index in [1.807, 2.05) is 41.9 Å². The average molecular weight is 361 g/mol. The molecule has 0 radical (unpaired) electrons. The summed E-state index contributed by atoms with van der Waals surface area (Å²) >= 11 is 3.53. The highest BCUT2D eigenvalue weighted by Gasteiger charge is 2.28. The van der Waals surface area contributed by atoms with E-state index in [-0.39, 0.29) is 6.04 Å². The lowest BCUT2D eigenvalue weighted by molar-refractivity contribution is 0.0254. The quantitative estimate of drug-likeness (QED) is 0.844. The minimum Gasteiger partial charge on any atom is -0.379 e. The Hall–Kier alpha value is -1.68. The number of nitriles is 1. The van der Waals surface area contributed by atoms with Gasteiger partial charge in [0.05, 0.1) is 25.0 Å². The summed E-state index contributed by atoms with van der Waals surface area (Å²) in [4.78, 5) is 6.75. The van der Waals surface area contributed by atoms with E-state index < -0.39 is 0 Å². The van der Waals surface area contributed by atoms with Crippen molar-refractivity contribution >= 4 is 15.9 Å². The summed E-state index contributed by atoms with van der Waals surface area (Å²) < 4.78 is 8.11. The summed E-state index contributed by atoms with van der Waals surface area (Å²) in [5.74, 6) is 0.857. The molecule has 1 saturated heterocycles. The molecule has 0 amide bonds. The first-order chi connectivity index (χ1) is 10.7. The third-order valence-electron chi connectivity index (χ3n) is 3.92. The number of hydrogen-bond donors (Lipinski definition) is 0. The van der Waals surface area contributed by atoms with Gasteiger partial charge >= 0.3 is 0 Å². The Balaban J connectivity index is 2.00. The number of nitrogens with zero attached hydrogens (tertiary/aromatic N) is 4. The van der Waals surface area contributed by atoms with E-state index in [9.17, 15) is 5.26 Å². The molecule has 0 saturated carbocycles. The number of aromatic nitrogens is 2. The number of ether oxygens (including phenoxy) is 1. The highest BCUT2D eigenvalue weighted by atomic mass is 79.9. The number of halogens is 1. The lowest BCUT2D eigenvalue weighted by atomic mass is 10.2. The summed E-state index contributed by atoms with van der Waals surface area (Å²) in [7, 11) is 1.96. The molecule has 5 nitrogen and oxygen atoms in total. The summed E-state index contributed by atoms with van der Waals surface area (Å²) in [6, 6.07) is 12.1. The van der Waals surface area contributed by atoms with Gasteiger partial charge < -0.3 is 9.30 Å². The van der Waals surface area contributed by atoms with Crippen molar-refractivity contribution in [2.45, 2.75) is 6.04 Å². The van der Waals surface area contributed by atoms with Crippen LogP contribution < -0.4 is 0 Å². The standard InChI is InChI=1S/C16H17BrN4O/c1-20-14(13(11-18)21-7-9-22-10-8-21)15(17)19-16(20)12-5-3-2-4-6-12/h2-6,13H,7-10H2,1H3. The molecule has 1 unspecified atom stereocenters. The third-order valence-corrected chi connectivity index (χ3v) is 4.50. The first-order valence-electron chi connectivity index (χ1n) is 7.21. The molecule has 0 N–H and O–H groups in total. The largest absolute Gasteiger partial charge is 0.379 e. The SMILES string of the molecule is Cn1c(-c2ccccc2)nc(Br)c1C(C#N)N1CCOCC1. The van der Waals surface area contributed by atoms with Crippen LogP contribution in [0.15, 0.2) is 34.9 Å². The minimum atomic E-state index is -0.326. The second kappa shape index (κ2) is 6.61. The van der Waals surface area contributed by atoms with Crippen LogP contribution >= 0.6 is 15.9 Å². The van der Waals surface area contributed by atoms with Crippen LogP contribution in [0.3, 0.4) is 0 Å². The van der Waals surface area contributed by atoms with Gasteiger partial charge in [0.1, 0.15) is 16.5 Å². The highest BCUT2D eigenvalue weighted by Crippen LogP contribution is 2.31. The molecular formula is C16H17BrN4O. The predicted octanol–water partition coefficient (Wildman–Crippen LogP) is 2.75. The number of rotatable bonds is 3. The van der Waals surface area contributed by atoms with E-state index in [1.54, 1.807) is 0 Å². The molecule has 1 aliphatic heterocycles. The topological polar surface area (TPSA) is 54.1 Å². The number of imidazole rings is 1. The van der Waals surface area contributed by atoms with Crippen LogP contribution in [0.4, 0.5) is 0 Å². The summed E-state index contributed by atoms with van der Waals surface area (Å²) in [6.45, 7) is 2.85. The molecule has 2 aromatic rings. The van der Waals surface area contributed by atoms with Gasteiger partial charge in [-0.2, -0.15) is 5.26 Å². The number of morpholine rings is 1. The fraction of sp³-hybridized carbons (Fsp3) is 0.375. The number of benzene rings is 1. The summed E-state index contributed by atoms with van der Waals surface area (Å²) in [5.41, 5.74) is 1.93. The van der Waals surface area contributed by atoms with Gasteiger partial charge in [-0.15, -0.1) is 0 Å². The first-order valence-corrected chi connectivity index (χ1v) is 8.00. The van der Waals surface area contributed by atoms with Gasteiger partial charge in [0.25, 0.3) is 0 Å². The molecule has 1 aliphatic rings. The molecule has 2 heterocycles. The lowest BCUT2D eigenvalue weighted by Crippen LogP contribution is -2.39. The Bertz CT molecular complexity index is 686. The fourth-order valence-electron chi connectivity index (χ4n) is 2.77. The molecular weight excluding hydrogens is 344 g/mol. The van der Waals surface area contributed by atoms with E-state index in [1.165, 1.54) is 0 Å². The fourth-order valence-corrected chi connectivity index (χ4v) is 3.42. The molecule has 0 aliphatic carbocycles. The molecule has 3 rings (SSSR count). The molecule has 6 heteroatoms. The van der Waals surface area contributed by atoms with E-state index in [0.717, 1.165) is 34.8 Å². The second-order valence-electron chi connectivity index (χ2n) is 5.22. The molecule has 1 fully saturated rings. The van der Waals surface area contributed by atoms with Crippen LogP contribution in [-0.4, -0.2) is 40.8 Å². The maximum absolute atomic E-state index is 9.67. The normalized spacial score (nSPS) is 17.1. The van der Waals surface area contributed by atoms with Crippen molar-refractivity contribution in [2.75, 3.05) is 26.3 Å². The van der Waals surface area contributed by atoms with Gasteiger partial charge in [0, 0.05) is 25.7 Å². The Morgan fingerprint density at radius 2 is 1.95 bits per heavy atom. The van der Waals surface area contributed by atoms with Gasteiger partial charge in [-0.1, -0.05) is 30.3 Å². The van der Waals surface area contributed by atoms with E-state index in [0.29, 0.717) is 13.2 Å². The zero-order chi connectivity index (χ0) is 15.5. The van der Waals surface area contributed by atoms with Gasteiger partial charge in [-0.25, -0.2) is 4.98 Å². The Morgan fingerprint density at radius 1 is 1.27 bits per heavy atom. The first kappa shape index (κ1) is 15.2. The molecule has 1 aromatic carbocycles. The van der Waals surface area contributed by atoms with Crippen LogP contribution in [0.25, 0.3) is 11.4 Å². The smallest absolute Gasteiger partial charge is 0.141 e. The van der Waals surface area contributed by atoms with Crippen molar-refractivity contribution in [3.05, 3.63) is 40.6 Å². The summed E-state index contributed by atoms with van der Waals surface area (Å²) in [6.07, 6.45) is 0. The third kappa shape index (κ3) is 2.80. The number of hydrogen-bond acceptors (Lipinski definition) is 4. The second-order valence-corrected chi connectivity index (χ2v) is 5.97. The van der Waals surface area contributed by atoms with Gasteiger partial charge in [-0.05, 0) is 15.9 Å².